The van der Waals surface area contributed by atoms with Gasteiger partial charge >= 0.3 is 0 Å². The Morgan fingerprint density at radius 3 is 2.53 bits per heavy atom. The Kier molecular flexibility index (Phi) is 2.92. The first-order chi connectivity index (χ1) is 7.97. The van der Waals surface area contributed by atoms with E-state index in [0.29, 0.717) is 23.1 Å². The molecule has 1 fully saturated rings. The highest BCUT2D eigenvalue weighted by Gasteiger charge is 2.56. The van der Waals surface area contributed by atoms with Gasteiger partial charge in [-0.3, -0.25) is 0 Å². The molecule has 0 radical (unpaired) electrons. The predicted molar refractivity (Wildman–Crippen MR) is 65.5 cm³/mol. The molecule has 0 spiro atoms. The second-order valence-corrected chi connectivity index (χ2v) is 7.02. The highest BCUT2D eigenvalue weighted by atomic mass is 79.9. The lowest BCUT2D eigenvalue weighted by Gasteiger charge is -2.10. The molecule has 0 atom stereocenters. The fourth-order valence-electron chi connectivity index (χ4n) is 1.59. The van der Waals surface area contributed by atoms with Gasteiger partial charge in [-0.2, -0.15) is 5.26 Å². The standard InChI is InChI=1S/C11H10BrNO3S/c1-16-10-3-2-8(6-9(10)12)17(14,15)11(7-13)4-5-11/h2-3,6H,4-5H2,1H3. The topological polar surface area (TPSA) is 67.2 Å². The van der Waals surface area contributed by atoms with Crippen molar-refractivity contribution in [3.63, 3.8) is 0 Å². The molecule has 90 valence electrons. The van der Waals surface area contributed by atoms with Crippen LogP contribution in [0, 0.1) is 11.3 Å². The number of ether oxygens (including phenoxy) is 1. The van der Waals surface area contributed by atoms with Crippen molar-refractivity contribution in [2.75, 3.05) is 7.11 Å². The van der Waals surface area contributed by atoms with Crippen molar-refractivity contribution < 1.29 is 13.2 Å². The van der Waals surface area contributed by atoms with Crippen LogP contribution in [0.3, 0.4) is 0 Å². The van der Waals surface area contributed by atoms with Gasteiger partial charge in [-0.05, 0) is 47.0 Å². The number of nitrogens with zero attached hydrogens (tertiary/aromatic N) is 1. The molecule has 1 aromatic rings. The van der Waals surface area contributed by atoms with Crippen LogP contribution in [-0.2, 0) is 9.84 Å². The molecule has 0 unspecified atom stereocenters. The van der Waals surface area contributed by atoms with Crippen LogP contribution in [0.4, 0.5) is 0 Å². The molecule has 0 heterocycles. The van der Waals surface area contributed by atoms with Crippen molar-refractivity contribution in [3.05, 3.63) is 22.7 Å². The van der Waals surface area contributed by atoms with E-state index in [1.807, 2.05) is 6.07 Å². The Bertz CT molecular complexity index is 600. The summed E-state index contributed by atoms with van der Waals surface area (Å²) in [5.41, 5.74) is 0. The normalized spacial score (nSPS) is 17.2. The number of nitriles is 1. The van der Waals surface area contributed by atoms with E-state index in [9.17, 15) is 8.42 Å². The number of hydrogen-bond donors (Lipinski definition) is 0. The van der Waals surface area contributed by atoms with Gasteiger partial charge in [0.15, 0.2) is 14.6 Å². The smallest absolute Gasteiger partial charge is 0.197 e. The summed E-state index contributed by atoms with van der Waals surface area (Å²) in [7, 11) is -2.07. The lowest BCUT2D eigenvalue weighted by Crippen LogP contribution is -2.21. The predicted octanol–water partition coefficient (Wildman–Crippen LogP) is 2.29. The summed E-state index contributed by atoms with van der Waals surface area (Å²) in [5, 5.41) is 8.96. The Labute approximate surface area is 108 Å². The maximum atomic E-state index is 12.2. The number of sulfone groups is 1. The molecule has 0 saturated heterocycles. The molecular formula is C11H10BrNO3S. The van der Waals surface area contributed by atoms with Gasteiger partial charge in [-0.15, -0.1) is 0 Å². The maximum absolute atomic E-state index is 12.2. The van der Waals surface area contributed by atoms with E-state index in [1.54, 1.807) is 6.07 Å². The fourth-order valence-corrected chi connectivity index (χ4v) is 4.02. The SMILES string of the molecule is COc1ccc(S(=O)(=O)C2(C#N)CC2)cc1Br. The van der Waals surface area contributed by atoms with Crippen molar-refractivity contribution in [3.8, 4) is 11.8 Å². The van der Waals surface area contributed by atoms with Gasteiger partial charge in [0.1, 0.15) is 5.75 Å². The molecule has 1 aliphatic carbocycles. The average molecular weight is 316 g/mol. The summed E-state index contributed by atoms with van der Waals surface area (Å²) in [6.45, 7) is 0. The Balaban J connectivity index is 2.49. The van der Waals surface area contributed by atoms with Crippen molar-refractivity contribution in [1.82, 2.24) is 0 Å². The zero-order chi connectivity index (χ0) is 12.7. The monoisotopic (exact) mass is 315 g/mol. The van der Waals surface area contributed by atoms with E-state index < -0.39 is 14.6 Å². The third kappa shape index (κ3) is 1.83. The zero-order valence-corrected chi connectivity index (χ0v) is 11.5. The minimum absolute atomic E-state index is 0.157. The number of benzene rings is 1. The van der Waals surface area contributed by atoms with Crippen LogP contribution >= 0.6 is 15.9 Å². The molecule has 2 rings (SSSR count). The van der Waals surface area contributed by atoms with E-state index >= 15 is 0 Å². The molecule has 0 aliphatic heterocycles. The highest BCUT2D eigenvalue weighted by molar-refractivity contribution is 9.10. The molecule has 1 aliphatic rings. The molecular weight excluding hydrogens is 306 g/mol. The average Bonchev–Trinajstić information content (AvgIpc) is 3.10. The second-order valence-electron chi connectivity index (χ2n) is 3.91. The van der Waals surface area contributed by atoms with Gasteiger partial charge in [0.05, 0.1) is 22.5 Å². The van der Waals surface area contributed by atoms with Crippen molar-refractivity contribution in [1.29, 1.82) is 5.26 Å². The summed E-state index contributed by atoms with van der Waals surface area (Å²) < 4.78 is 28.8. The fraction of sp³-hybridized carbons (Fsp3) is 0.364. The third-order valence-electron chi connectivity index (χ3n) is 2.86. The van der Waals surface area contributed by atoms with Crippen molar-refractivity contribution >= 4 is 25.8 Å². The molecule has 1 aromatic carbocycles. The van der Waals surface area contributed by atoms with E-state index in [4.69, 9.17) is 10.00 Å². The molecule has 1 saturated carbocycles. The third-order valence-corrected chi connectivity index (χ3v) is 5.88. The van der Waals surface area contributed by atoms with E-state index in [1.165, 1.54) is 19.2 Å². The summed E-state index contributed by atoms with van der Waals surface area (Å²) in [4.78, 5) is 0.157. The zero-order valence-electron chi connectivity index (χ0n) is 9.10. The van der Waals surface area contributed by atoms with Crippen LogP contribution in [0.2, 0.25) is 0 Å². The van der Waals surface area contributed by atoms with Gasteiger partial charge in [-0.1, -0.05) is 0 Å². The van der Waals surface area contributed by atoms with Crippen LogP contribution in [-0.4, -0.2) is 20.3 Å². The molecule has 0 bridgehead atoms. The van der Waals surface area contributed by atoms with Crippen LogP contribution < -0.4 is 4.74 Å². The molecule has 0 N–H and O–H groups in total. The largest absolute Gasteiger partial charge is 0.496 e. The lowest BCUT2D eigenvalue weighted by molar-refractivity contribution is 0.411. The number of hydrogen-bond acceptors (Lipinski definition) is 4. The molecule has 0 aromatic heterocycles. The Hall–Kier alpha value is -1.06. The van der Waals surface area contributed by atoms with Crippen LogP contribution in [0.1, 0.15) is 12.8 Å². The number of halogens is 1. The van der Waals surface area contributed by atoms with Crippen LogP contribution in [0.5, 0.6) is 5.75 Å². The van der Waals surface area contributed by atoms with Crippen LogP contribution in [0.25, 0.3) is 0 Å². The Morgan fingerprint density at radius 1 is 1.47 bits per heavy atom. The maximum Gasteiger partial charge on any atom is 0.197 e. The number of methoxy groups -OCH3 is 1. The summed E-state index contributed by atoms with van der Waals surface area (Å²) in [5.74, 6) is 0.561. The summed E-state index contributed by atoms with van der Waals surface area (Å²) >= 11 is 3.24. The first kappa shape index (κ1) is 12.4. The van der Waals surface area contributed by atoms with E-state index in [-0.39, 0.29) is 4.90 Å². The van der Waals surface area contributed by atoms with Crippen molar-refractivity contribution in [2.45, 2.75) is 22.5 Å². The van der Waals surface area contributed by atoms with E-state index in [2.05, 4.69) is 15.9 Å². The van der Waals surface area contributed by atoms with Crippen molar-refractivity contribution in [2.24, 2.45) is 0 Å². The summed E-state index contributed by atoms with van der Waals surface area (Å²) in [6, 6.07) is 6.42. The van der Waals surface area contributed by atoms with E-state index in [0.717, 1.165) is 0 Å². The first-order valence-electron chi connectivity index (χ1n) is 4.96. The molecule has 0 amide bonds. The van der Waals surface area contributed by atoms with Crippen LogP contribution in [0.15, 0.2) is 27.6 Å². The molecule has 6 heteroatoms. The van der Waals surface area contributed by atoms with Gasteiger partial charge in [0.2, 0.25) is 0 Å². The second kappa shape index (κ2) is 4.00. The highest BCUT2D eigenvalue weighted by Crippen LogP contribution is 2.46. The minimum Gasteiger partial charge on any atom is -0.496 e. The molecule has 17 heavy (non-hydrogen) atoms. The lowest BCUT2D eigenvalue weighted by atomic mass is 10.3. The first-order valence-corrected chi connectivity index (χ1v) is 7.24. The van der Waals surface area contributed by atoms with Gasteiger partial charge < -0.3 is 4.74 Å². The quantitative estimate of drug-likeness (QED) is 0.858. The Morgan fingerprint density at radius 2 is 2.12 bits per heavy atom. The van der Waals surface area contributed by atoms with Gasteiger partial charge in [-0.25, -0.2) is 8.42 Å². The van der Waals surface area contributed by atoms with Gasteiger partial charge in [0, 0.05) is 0 Å². The number of rotatable bonds is 3. The molecule has 4 nitrogen and oxygen atoms in total. The minimum atomic E-state index is -3.57. The summed E-state index contributed by atoms with van der Waals surface area (Å²) in [6.07, 6.45) is 0.824. The van der Waals surface area contributed by atoms with Gasteiger partial charge in [0.25, 0.3) is 0 Å².